The van der Waals surface area contributed by atoms with Crippen molar-refractivity contribution in [1.82, 2.24) is 14.8 Å². The van der Waals surface area contributed by atoms with Crippen molar-refractivity contribution in [2.24, 2.45) is 0 Å². The van der Waals surface area contributed by atoms with E-state index in [1.54, 1.807) is 0 Å². The highest BCUT2D eigenvalue weighted by Gasteiger charge is 2.31. The third kappa shape index (κ3) is 2.33. The first-order valence-electron chi connectivity index (χ1n) is 4.39. The largest absolute Gasteiger partial charge is 0.416 e. The molecule has 90 valence electrons. The summed E-state index contributed by atoms with van der Waals surface area (Å²) in [5.74, 6) is 0. The highest BCUT2D eigenvalue weighted by molar-refractivity contribution is 6.32. The van der Waals surface area contributed by atoms with Gasteiger partial charge in [-0.15, -0.1) is 0 Å². The van der Waals surface area contributed by atoms with Crippen molar-refractivity contribution in [1.29, 1.82) is 0 Å². The smallest absolute Gasteiger partial charge is 0.244 e. The Morgan fingerprint density at radius 2 is 2.06 bits per heavy atom. The van der Waals surface area contributed by atoms with Gasteiger partial charge >= 0.3 is 11.9 Å². The molecule has 2 aromatic rings. The lowest BCUT2D eigenvalue weighted by molar-refractivity contribution is -0.137. The van der Waals surface area contributed by atoms with Crippen LogP contribution in [-0.4, -0.2) is 14.8 Å². The van der Waals surface area contributed by atoms with Crippen molar-refractivity contribution in [2.75, 3.05) is 0 Å². The van der Waals surface area contributed by atoms with Crippen LogP contribution in [0.1, 0.15) is 5.56 Å². The fourth-order valence-corrected chi connectivity index (χ4v) is 1.48. The van der Waals surface area contributed by atoms with Gasteiger partial charge in [-0.25, -0.2) is 14.6 Å². The molecule has 1 aromatic carbocycles. The summed E-state index contributed by atoms with van der Waals surface area (Å²) >= 11 is 5.75. The van der Waals surface area contributed by atoms with E-state index in [9.17, 15) is 18.0 Å². The molecule has 4 nitrogen and oxygen atoms in total. The first-order chi connectivity index (χ1) is 7.88. The number of H-pyrrole nitrogens is 1. The van der Waals surface area contributed by atoms with Gasteiger partial charge in [0.1, 0.15) is 6.33 Å². The average Bonchev–Trinajstić information content (AvgIpc) is 2.63. The van der Waals surface area contributed by atoms with Crippen LogP contribution < -0.4 is 5.69 Å². The molecule has 1 heterocycles. The molecule has 1 aromatic heterocycles. The number of hydrogen-bond donors (Lipinski definition) is 1. The third-order valence-corrected chi connectivity index (χ3v) is 2.36. The zero-order valence-corrected chi connectivity index (χ0v) is 8.88. The summed E-state index contributed by atoms with van der Waals surface area (Å²) in [5, 5.41) is 2.29. The minimum Gasteiger partial charge on any atom is -0.244 e. The molecule has 2 rings (SSSR count). The number of rotatable bonds is 1. The number of nitrogens with one attached hydrogen (secondary N) is 1. The number of benzene rings is 1. The number of aromatic amines is 1. The third-order valence-electron chi connectivity index (χ3n) is 2.04. The molecule has 0 bridgehead atoms. The van der Waals surface area contributed by atoms with Gasteiger partial charge in [0.05, 0.1) is 16.3 Å². The predicted molar refractivity (Wildman–Crippen MR) is 54.2 cm³/mol. The maximum absolute atomic E-state index is 12.5. The second kappa shape index (κ2) is 3.92. The molecule has 0 fully saturated rings. The van der Waals surface area contributed by atoms with E-state index in [0.717, 1.165) is 29.2 Å². The lowest BCUT2D eigenvalue weighted by Gasteiger charge is -2.10. The summed E-state index contributed by atoms with van der Waals surface area (Å²) in [6.07, 6.45) is -3.41. The number of hydrogen-bond acceptors (Lipinski definition) is 2. The molecule has 0 radical (unpaired) electrons. The molecule has 0 aliphatic rings. The Labute approximate surface area is 97.6 Å². The Kier molecular flexibility index (Phi) is 2.70. The van der Waals surface area contributed by atoms with E-state index < -0.39 is 17.4 Å². The fraction of sp³-hybridized carbons (Fsp3) is 0.111. The van der Waals surface area contributed by atoms with Gasteiger partial charge in [0.25, 0.3) is 0 Å². The molecule has 0 amide bonds. The van der Waals surface area contributed by atoms with Crippen LogP contribution >= 0.6 is 11.6 Å². The number of halogens is 4. The molecule has 0 atom stereocenters. The van der Waals surface area contributed by atoms with E-state index in [-0.39, 0.29) is 10.7 Å². The van der Waals surface area contributed by atoms with Gasteiger partial charge in [0.2, 0.25) is 0 Å². The van der Waals surface area contributed by atoms with Crippen LogP contribution in [-0.2, 0) is 6.18 Å². The molecule has 1 N–H and O–H groups in total. The second-order valence-corrected chi connectivity index (χ2v) is 3.60. The molecule has 0 saturated heterocycles. The summed E-state index contributed by atoms with van der Waals surface area (Å²) in [7, 11) is 0. The minimum absolute atomic E-state index is 0.0103. The molecule has 0 spiro atoms. The first kappa shape index (κ1) is 11.7. The monoisotopic (exact) mass is 263 g/mol. The van der Waals surface area contributed by atoms with E-state index >= 15 is 0 Å². The van der Waals surface area contributed by atoms with E-state index in [4.69, 9.17) is 11.6 Å². The maximum atomic E-state index is 12.5. The summed E-state index contributed by atoms with van der Waals surface area (Å²) in [6, 6.07) is 2.80. The zero-order valence-electron chi connectivity index (χ0n) is 8.12. The summed E-state index contributed by atoms with van der Waals surface area (Å²) < 4.78 is 38.5. The van der Waals surface area contributed by atoms with Gasteiger partial charge in [-0.1, -0.05) is 11.6 Å². The van der Waals surface area contributed by atoms with Gasteiger partial charge in [-0.05, 0) is 18.2 Å². The molecule has 0 aliphatic carbocycles. The lowest BCUT2D eigenvalue weighted by Crippen LogP contribution is -2.08. The van der Waals surface area contributed by atoms with Crippen molar-refractivity contribution in [3.05, 3.63) is 45.6 Å². The predicted octanol–water partition coefficient (Wildman–Crippen LogP) is 2.23. The summed E-state index contributed by atoms with van der Waals surface area (Å²) in [6.45, 7) is 0. The number of nitrogens with zero attached hydrogens (tertiary/aromatic N) is 2. The zero-order chi connectivity index (χ0) is 12.6. The highest BCUT2D eigenvalue weighted by atomic mass is 35.5. The molecule has 0 unspecified atom stereocenters. The van der Waals surface area contributed by atoms with Crippen LogP contribution in [0.4, 0.5) is 13.2 Å². The molecule has 17 heavy (non-hydrogen) atoms. The van der Waals surface area contributed by atoms with Crippen LogP contribution in [0.3, 0.4) is 0 Å². The van der Waals surface area contributed by atoms with Gasteiger partial charge in [0, 0.05) is 0 Å². The van der Waals surface area contributed by atoms with E-state index in [0.29, 0.717) is 0 Å². The van der Waals surface area contributed by atoms with Crippen LogP contribution in [0, 0.1) is 0 Å². The van der Waals surface area contributed by atoms with Crippen molar-refractivity contribution >= 4 is 11.6 Å². The average molecular weight is 264 g/mol. The Morgan fingerprint density at radius 3 is 2.59 bits per heavy atom. The Bertz CT molecular complexity index is 602. The van der Waals surface area contributed by atoms with Gasteiger partial charge in [-0.3, -0.25) is 0 Å². The summed E-state index contributed by atoms with van der Waals surface area (Å²) in [5.41, 5.74) is -1.51. The molecule has 0 aliphatic heterocycles. The SMILES string of the molecule is O=c1ncn(-c2cc(C(F)(F)F)ccc2Cl)[nH]1. The van der Waals surface area contributed by atoms with Gasteiger partial charge in [-0.2, -0.15) is 18.2 Å². The van der Waals surface area contributed by atoms with E-state index in [2.05, 4.69) is 10.1 Å². The van der Waals surface area contributed by atoms with Crippen molar-refractivity contribution in [3.8, 4) is 5.69 Å². The summed E-state index contributed by atoms with van der Waals surface area (Å²) in [4.78, 5) is 14.1. The van der Waals surface area contributed by atoms with Crippen LogP contribution in [0.2, 0.25) is 5.02 Å². The number of aromatic nitrogens is 3. The maximum Gasteiger partial charge on any atom is 0.416 e. The quantitative estimate of drug-likeness (QED) is 0.858. The van der Waals surface area contributed by atoms with Crippen molar-refractivity contribution in [3.63, 3.8) is 0 Å². The van der Waals surface area contributed by atoms with Crippen LogP contribution in [0.25, 0.3) is 5.69 Å². The first-order valence-corrected chi connectivity index (χ1v) is 4.76. The van der Waals surface area contributed by atoms with Crippen LogP contribution in [0.5, 0.6) is 0 Å². The Balaban J connectivity index is 2.58. The van der Waals surface area contributed by atoms with E-state index in [1.807, 2.05) is 0 Å². The minimum atomic E-state index is -4.47. The molecular formula is C9H5ClF3N3O. The van der Waals surface area contributed by atoms with Gasteiger partial charge in [0.15, 0.2) is 0 Å². The fourth-order valence-electron chi connectivity index (χ4n) is 1.27. The van der Waals surface area contributed by atoms with Crippen molar-refractivity contribution in [2.45, 2.75) is 6.18 Å². The molecular weight excluding hydrogens is 259 g/mol. The Morgan fingerprint density at radius 1 is 1.35 bits per heavy atom. The van der Waals surface area contributed by atoms with Gasteiger partial charge < -0.3 is 0 Å². The Hall–Kier alpha value is -1.76. The molecule has 0 saturated carbocycles. The lowest BCUT2D eigenvalue weighted by atomic mass is 10.2. The topological polar surface area (TPSA) is 50.7 Å². The number of alkyl halides is 3. The van der Waals surface area contributed by atoms with Crippen LogP contribution in [0.15, 0.2) is 29.3 Å². The highest BCUT2D eigenvalue weighted by Crippen LogP contribution is 2.32. The van der Waals surface area contributed by atoms with E-state index in [1.165, 1.54) is 0 Å². The van der Waals surface area contributed by atoms with Crippen molar-refractivity contribution < 1.29 is 13.2 Å². The molecule has 8 heteroatoms. The second-order valence-electron chi connectivity index (χ2n) is 3.20. The normalized spacial score (nSPS) is 11.8. The standard InChI is InChI=1S/C9H5ClF3N3O/c10-6-2-1-5(9(11,12)13)3-7(6)16-4-14-8(17)15-16/h1-4H,(H,15,17).